The van der Waals surface area contributed by atoms with Crippen molar-refractivity contribution in [1.82, 2.24) is 5.32 Å². The summed E-state index contributed by atoms with van der Waals surface area (Å²) >= 11 is 1.82. The summed E-state index contributed by atoms with van der Waals surface area (Å²) in [6.07, 6.45) is 1.05. The van der Waals surface area contributed by atoms with Gasteiger partial charge in [0.05, 0.1) is 5.69 Å². The monoisotopic (exact) mass is 262 g/mol. The number of hydrogen-bond acceptors (Lipinski definition) is 4. The van der Waals surface area contributed by atoms with Crippen molar-refractivity contribution in [3.05, 3.63) is 24.3 Å². The van der Waals surface area contributed by atoms with Gasteiger partial charge >= 0.3 is 0 Å². The van der Waals surface area contributed by atoms with E-state index in [0.717, 1.165) is 18.0 Å². The standard InChI is InChI=1S/C13H14N2O2S/c16-12-6-5-10(13(17)14-12)15-7-8-18-11-4-2-1-3-9(11)15/h1-4,10H,5-8H2,(H,14,16,17). The molecule has 0 aromatic heterocycles. The number of carbonyl (C=O) groups is 2. The Morgan fingerprint density at radius 1 is 1.28 bits per heavy atom. The number of amides is 2. The fourth-order valence-electron chi connectivity index (χ4n) is 2.49. The predicted molar refractivity (Wildman–Crippen MR) is 70.7 cm³/mol. The molecule has 1 aromatic rings. The van der Waals surface area contributed by atoms with E-state index in [-0.39, 0.29) is 17.9 Å². The molecule has 94 valence electrons. The number of nitrogens with one attached hydrogen (secondary N) is 1. The summed E-state index contributed by atoms with van der Waals surface area (Å²) in [5, 5.41) is 2.43. The highest BCUT2D eigenvalue weighted by Crippen LogP contribution is 2.36. The molecule has 5 heteroatoms. The summed E-state index contributed by atoms with van der Waals surface area (Å²) in [6.45, 7) is 0.855. The fourth-order valence-corrected chi connectivity index (χ4v) is 3.51. The van der Waals surface area contributed by atoms with Gasteiger partial charge in [-0.2, -0.15) is 0 Å². The quantitative estimate of drug-likeness (QED) is 0.777. The minimum atomic E-state index is -0.204. The summed E-state index contributed by atoms with van der Waals surface area (Å²) < 4.78 is 0. The first-order chi connectivity index (χ1) is 8.75. The second-order valence-electron chi connectivity index (χ2n) is 4.48. The van der Waals surface area contributed by atoms with Gasteiger partial charge in [0.1, 0.15) is 6.04 Å². The Morgan fingerprint density at radius 2 is 2.11 bits per heavy atom. The van der Waals surface area contributed by atoms with E-state index < -0.39 is 0 Å². The molecule has 3 rings (SSSR count). The van der Waals surface area contributed by atoms with E-state index in [1.54, 1.807) is 0 Å². The van der Waals surface area contributed by atoms with Crippen LogP contribution in [0.5, 0.6) is 0 Å². The maximum Gasteiger partial charge on any atom is 0.249 e. The first kappa shape index (κ1) is 11.6. The normalized spacial score (nSPS) is 23.6. The Labute approximate surface area is 110 Å². The molecule has 2 amide bonds. The highest BCUT2D eigenvalue weighted by atomic mass is 32.2. The van der Waals surface area contributed by atoms with Crippen LogP contribution in [0.1, 0.15) is 12.8 Å². The Balaban J connectivity index is 1.89. The molecule has 4 nitrogen and oxygen atoms in total. The number of piperidine rings is 1. The van der Waals surface area contributed by atoms with Crippen molar-refractivity contribution in [3.63, 3.8) is 0 Å². The average molecular weight is 262 g/mol. The Kier molecular flexibility index (Phi) is 2.99. The predicted octanol–water partition coefficient (Wildman–Crippen LogP) is 1.40. The molecule has 1 saturated heterocycles. The molecule has 18 heavy (non-hydrogen) atoms. The highest BCUT2D eigenvalue weighted by molar-refractivity contribution is 7.99. The third kappa shape index (κ3) is 1.99. The number of anilines is 1. The van der Waals surface area contributed by atoms with Crippen molar-refractivity contribution in [1.29, 1.82) is 0 Å². The van der Waals surface area contributed by atoms with Gasteiger partial charge in [0.15, 0.2) is 0 Å². The van der Waals surface area contributed by atoms with Crippen LogP contribution in [0.25, 0.3) is 0 Å². The summed E-state index contributed by atoms with van der Waals surface area (Å²) in [4.78, 5) is 26.5. The van der Waals surface area contributed by atoms with E-state index in [4.69, 9.17) is 0 Å². The van der Waals surface area contributed by atoms with Crippen LogP contribution in [0, 0.1) is 0 Å². The molecule has 0 saturated carbocycles. The molecule has 1 atom stereocenters. The van der Waals surface area contributed by atoms with Gasteiger partial charge in [-0.1, -0.05) is 12.1 Å². The Bertz CT molecular complexity index is 504. The lowest BCUT2D eigenvalue weighted by Crippen LogP contribution is -2.53. The topological polar surface area (TPSA) is 49.4 Å². The van der Waals surface area contributed by atoms with Gasteiger partial charge in [-0.25, -0.2) is 0 Å². The number of imide groups is 1. The first-order valence-electron chi connectivity index (χ1n) is 6.08. The van der Waals surface area contributed by atoms with Crippen LogP contribution in [0.3, 0.4) is 0 Å². The van der Waals surface area contributed by atoms with E-state index in [2.05, 4.69) is 16.3 Å². The van der Waals surface area contributed by atoms with Gasteiger partial charge in [0, 0.05) is 23.6 Å². The molecule has 0 spiro atoms. The molecule has 1 N–H and O–H groups in total. The number of para-hydroxylation sites is 1. The number of nitrogens with zero attached hydrogens (tertiary/aromatic N) is 1. The highest BCUT2D eigenvalue weighted by Gasteiger charge is 2.33. The number of benzene rings is 1. The van der Waals surface area contributed by atoms with Crippen LogP contribution in [0.4, 0.5) is 5.69 Å². The minimum Gasteiger partial charge on any atom is -0.358 e. The molecule has 2 aliphatic rings. The van der Waals surface area contributed by atoms with E-state index >= 15 is 0 Å². The molecule has 1 fully saturated rings. The maximum absolute atomic E-state index is 11.9. The largest absolute Gasteiger partial charge is 0.358 e. The summed E-state index contributed by atoms with van der Waals surface area (Å²) in [5.74, 6) is 0.665. The van der Waals surface area contributed by atoms with Gasteiger partial charge in [-0.05, 0) is 18.6 Å². The zero-order valence-electron chi connectivity index (χ0n) is 9.89. The second kappa shape index (κ2) is 4.65. The van der Waals surface area contributed by atoms with Gasteiger partial charge in [-0.15, -0.1) is 11.8 Å². The van der Waals surface area contributed by atoms with E-state index in [9.17, 15) is 9.59 Å². The molecule has 2 aliphatic heterocycles. The van der Waals surface area contributed by atoms with Crippen LogP contribution >= 0.6 is 11.8 Å². The zero-order chi connectivity index (χ0) is 12.5. The lowest BCUT2D eigenvalue weighted by molar-refractivity contribution is -0.134. The third-order valence-corrected chi connectivity index (χ3v) is 4.39. The van der Waals surface area contributed by atoms with Crippen LogP contribution in [-0.2, 0) is 9.59 Å². The zero-order valence-corrected chi connectivity index (χ0v) is 10.7. The summed E-state index contributed by atoms with van der Waals surface area (Å²) in [5.41, 5.74) is 1.11. The summed E-state index contributed by atoms with van der Waals surface area (Å²) in [7, 11) is 0. The second-order valence-corrected chi connectivity index (χ2v) is 5.61. The van der Waals surface area contributed by atoms with Crippen LogP contribution in [0.15, 0.2) is 29.2 Å². The van der Waals surface area contributed by atoms with E-state index in [1.165, 1.54) is 4.90 Å². The number of fused-ring (bicyclic) bond motifs is 1. The number of hydrogen-bond donors (Lipinski definition) is 1. The number of carbonyl (C=O) groups excluding carboxylic acids is 2. The molecular weight excluding hydrogens is 248 g/mol. The summed E-state index contributed by atoms with van der Waals surface area (Å²) in [6, 6.07) is 7.93. The Hall–Kier alpha value is -1.49. The molecule has 2 heterocycles. The van der Waals surface area contributed by atoms with Crippen LogP contribution < -0.4 is 10.2 Å². The lowest BCUT2D eigenvalue weighted by Gasteiger charge is -2.38. The van der Waals surface area contributed by atoms with Crippen LogP contribution in [-0.4, -0.2) is 30.2 Å². The van der Waals surface area contributed by atoms with Gasteiger partial charge < -0.3 is 4.90 Å². The molecule has 0 aliphatic carbocycles. The van der Waals surface area contributed by atoms with Crippen LogP contribution in [0.2, 0.25) is 0 Å². The number of thioether (sulfide) groups is 1. The molecule has 0 bridgehead atoms. The SMILES string of the molecule is O=C1CCC(N2CCSc3ccccc32)C(=O)N1. The van der Waals surface area contributed by atoms with Crippen molar-refractivity contribution in [2.45, 2.75) is 23.8 Å². The smallest absolute Gasteiger partial charge is 0.249 e. The number of rotatable bonds is 1. The van der Waals surface area contributed by atoms with Crippen molar-refractivity contribution >= 4 is 29.3 Å². The first-order valence-corrected chi connectivity index (χ1v) is 7.06. The van der Waals surface area contributed by atoms with Gasteiger partial charge in [0.25, 0.3) is 0 Å². The van der Waals surface area contributed by atoms with Crippen molar-refractivity contribution < 1.29 is 9.59 Å². The molecule has 1 unspecified atom stereocenters. The van der Waals surface area contributed by atoms with Gasteiger partial charge in [0.2, 0.25) is 11.8 Å². The van der Waals surface area contributed by atoms with E-state index in [1.807, 2.05) is 30.0 Å². The van der Waals surface area contributed by atoms with Crippen molar-refractivity contribution in [2.24, 2.45) is 0 Å². The third-order valence-electron chi connectivity index (χ3n) is 3.35. The average Bonchev–Trinajstić information content (AvgIpc) is 2.38. The van der Waals surface area contributed by atoms with Crippen molar-refractivity contribution in [3.8, 4) is 0 Å². The molecule has 0 radical (unpaired) electrons. The fraction of sp³-hybridized carbons (Fsp3) is 0.385. The molecule has 1 aromatic carbocycles. The molecular formula is C13H14N2O2S. The Morgan fingerprint density at radius 3 is 2.94 bits per heavy atom. The lowest BCUT2D eigenvalue weighted by atomic mass is 10.0. The minimum absolute atomic E-state index is 0.157. The van der Waals surface area contributed by atoms with Crippen molar-refractivity contribution in [2.75, 3.05) is 17.2 Å². The van der Waals surface area contributed by atoms with E-state index in [0.29, 0.717) is 12.8 Å². The van der Waals surface area contributed by atoms with Gasteiger partial charge in [-0.3, -0.25) is 14.9 Å². The maximum atomic E-state index is 11.9.